The van der Waals surface area contributed by atoms with Gasteiger partial charge in [0.1, 0.15) is 5.01 Å². The Kier molecular flexibility index (Phi) is 5.27. The summed E-state index contributed by atoms with van der Waals surface area (Å²) in [5.74, 6) is -0.117. The van der Waals surface area contributed by atoms with Crippen LogP contribution in [0.3, 0.4) is 0 Å². The molecule has 1 amide bonds. The Hall–Kier alpha value is -1.95. The monoisotopic (exact) mass is 304 g/mol. The van der Waals surface area contributed by atoms with E-state index in [1.165, 1.54) is 4.88 Å². The van der Waals surface area contributed by atoms with Gasteiger partial charge < -0.3 is 10.6 Å². The van der Waals surface area contributed by atoms with Gasteiger partial charge in [0.2, 0.25) is 0 Å². The highest BCUT2D eigenvalue weighted by molar-refractivity contribution is 7.11. The van der Waals surface area contributed by atoms with Crippen LogP contribution in [0.1, 0.15) is 47.1 Å². The number of rotatable bonds is 6. The van der Waals surface area contributed by atoms with Gasteiger partial charge >= 0.3 is 0 Å². The second-order valence-electron chi connectivity index (χ2n) is 4.67. The van der Waals surface area contributed by atoms with Crippen molar-refractivity contribution in [3.8, 4) is 0 Å². The topological polar surface area (TPSA) is 66.9 Å². The molecule has 6 heteroatoms. The highest BCUT2D eigenvalue weighted by atomic mass is 32.1. The number of thiazole rings is 1. The molecule has 0 saturated carbocycles. The fourth-order valence-corrected chi connectivity index (χ4v) is 2.81. The van der Waals surface area contributed by atoms with Crippen molar-refractivity contribution in [3.63, 3.8) is 0 Å². The predicted molar refractivity (Wildman–Crippen MR) is 85.8 cm³/mol. The van der Waals surface area contributed by atoms with E-state index >= 15 is 0 Å². The van der Waals surface area contributed by atoms with Gasteiger partial charge in [-0.3, -0.25) is 9.78 Å². The first-order valence-electron chi connectivity index (χ1n) is 7.09. The molecule has 0 bridgehead atoms. The SMILES string of the molecule is CCNc1cnccc1C(=O)NC(C)c1ncc(CC)s1. The van der Waals surface area contributed by atoms with Crippen LogP contribution >= 0.6 is 11.3 Å². The van der Waals surface area contributed by atoms with E-state index in [-0.39, 0.29) is 11.9 Å². The molecule has 5 nitrogen and oxygen atoms in total. The van der Waals surface area contributed by atoms with Crippen LogP contribution in [0.25, 0.3) is 0 Å². The van der Waals surface area contributed by atoms with Crippen LogP contribution in [0.15, 0.2) is 24.7 Å². The minimum Gasteiger partial charge on any atom is -0.383 e. The molecule has 0 saturated heterocycles. The lowest BCUT2D eigenvalue weighted by molar-refractivity contribution is 0.0940. The van der Waals surface area contributed by atoms with E-state index in [1.54, 1.807) is 29.8 Å². The summed E-state index contributed by atoms with van der Waals surface area (Å²) in [4.78, 5) is 22.0. The fraction of sp³-hybridized carbons (Fsp3) is 0.400. The Morgan fingerprint density at radius 3 is 2.86 bits per heavy atom. The van der Waals surface area contributed by atoms with Crippen molar-refractivity contribution in [1.29, 1.82) is 0 Å². The van der Waals surface area contributed by atoms with E-state index in [9.17, 15) is 4.79 Å². The van der Waals surface area contributed by atoms with Gasteiger partial charge in [0.25, 0.3) is 5.91 Å². The van der Waals surface area contributed by atoms with Crippen LogP contribution in [0.5, 0.6) is 0 Å². The average Bonchev–Trinajstić information content (AvgIpc) is 2.97. The second-order valence-corrected chi connectivity index (χ2v) is 5.81. The zero-order valence-corrected chi connectivity index (χ0v) is 13.3. The molecule has 2 heterocycles. The van der Waals surface area contributed by atoms with E-state index in [0.29, 0.717) is 5.56 Å². The third-order valence-corrected chi connectivity index (χ3v) is 4.40. The van der Waals surface area contributed by atoms with E-state index < -0.39 is 0 Å². The lowest BCUT2D eigenvalue weighted by Gasteiger charge is -2.14. The van der Waals surface area contributed by atoms with Crippen molar-refractivity contribution in [3.05, 3.63) is 40.1 Å². The Labute approximate surface area is 128 Å². The number of aryl methyl sites for hydroxylation is 1. The van der Waals surface area contributed by atoms with Crippen LogP contribution in [0.2, 0.25) is 0 Å². The third kappa shape index (κ3) is 3.78. The number of anilines is 1. The summed E-state index contributed by atoms with van der Waals surface area (Å²) < 4.78 is 0. The molecule has 0 spiro atoms. The Morgan fingerprint density at radius 1 is 1.38 bits per heavy atom. The van der Waals surface area contributed by atoms with E-state index in [1.807, 2.05) is 20.0 Å². The first-order valence-corrected chi connectivity index (χ1v) is 7.90. The maximum absolute atomic E-state index is 12.4. The molecule has 2 N–H and O–H groups in total. The number of hydrogen-bond donors (Lipinski definition) is 2. The standard InChI is InChI=1S/C15H20N4OS/c1-4-11-8-18-15(21-11)10(3)19-14(20)12-6-7-16-9-13(12)17-5-2/h6-10,17H,4-5H2,1-3H3,(H,19,20). The molecule has 0 aromatic carbocycles. The first-order chi connectivity index (χ1) is 10.2. The molecule has 0 aliphatic heterocycles. The van der Waals surface area contributed by atoms with E-state index in [4.69, 9.17) is 0 Å². The summed E-state index contributed by atoms with van der Waals surface area (Å²) in [6.07, 6.45) is 6.13. The summed E-state index contributed by atoms with van der Waals surface area (Å²) in [5, 5.41) is 7.07. The first kappa shape index (κ1) is 15.4. The van der Waals surface area contributed by atoms with Gasteiger partial charge in [-0.05, 0) is 26.3 Å². The molecule has 0 fully saturated rings. The molecule has 0 aliphatic carbocycles. The summed E-state index contributed by atoms with van der Waals surface area (Å²) in [5.41, 5.74) is 1.35. The Balaban J connectivity index is 2.10. The number of hydrogen-bond acceptors (Lipinski definition) is 5. The minimum atomic E-state index is -0.117. The largest absolute Gasteiger partial charge is 0.383 e. The zero-order chi connectivity index (χ0) is 15.2. The number of aromatic nitrogens is 2. The van der Waals surface area contributed by atoms with Crippen molar-refractivity contribution < 1.29 is 4.79 Å². The smallest absolute Gasteiger partial charge is 0.254 e. The molecule has 2 rings (SSSR count). The lowest BCUT2D eigenvalue weighted by atomic mass is 10.2. The molecule has 21 heavy (non-hydrogen) atoms. The van der Waals surface area contributed by atoms with Gasteiger partial charge in [0, 0.05) is 23.8 Å². The highest BCUT2D eigenvalue weighted by Gasteiger charge is 2.16. The van der Waals surface area contributed by atoms with Crippen molar-refractivity contribution in [2.75, 3.05) is 11.9 Å². The summed E-state index contributed by atoms with van der Waals surface area (Å²) in [6, 6.07) is 1.62. The van der Waals surface area contributed by atoms with Crippen molar-refractivity contribution in [2.45, 2.75) is 33.2 Å². The van der Waals surface area contributed by atoms with Crippen LogP contribution < -0.4 is 10.6 Å². The molecular formula is C15H20N4OS. The van der Waals surface area contributed by atoms with Gasteiger partial charge in [0.15, 0.2) is 0 Å². The normalized spacial score (nSPS) is 12.0. The zero-order valence-electron chi connectivity index (χ0n) is 12.5. The summed E-state index contributed by atoms with van der Waals surface area (Å²) in [7, 11) is 0. The number of nitrogens with one attached hydrogen (secondary N) is 2. The predicted octanol–water partition coefficient (Wildman–Crippen LogP) is 3.02. The maximum atomic E-state index is 12.4. The van der Waals surface area contributed by atoms with Crippen molar-refractivity contribution >= 4 is 22.9 Å². The molecule has 112 valence electrons. The molecule has 2 aromatic heterocycles. The van der Waals surface area contributed by atoms with E-state index in [2.05, 4.69) is 27.5 Å². The maximum Gasteiger partial charge on any atom is 0.254 e. The number of nitrogens with zero attached hydrogens (tertiary/aromatic N) is 2. The Bertz CT molecular complexity index is 611. The molecule has 2 aromatic rings. The molecule has 0 radical (unpaired) electrons. The van der Waals surface area contributed by atoms with Crippen LogP contribution in [-0.4, -0.2) is 22.4 Å². The Morgan fingerprint density at radius 2 is 2.19 bits per heavy atom. The van der Waals surface area contributed by atoms with Crippen molar-refractivity contribution in [1.82, 2.24) is 15.3 Å². The lowest BCUT2D eigenvalue weighted by Crippen LogP contribution is -2.27. The quantitative estimate of drug-likeness (QED) is 0.861. The van der Waals surface area contributed by atoms with Gasteiger partial charge in [-0.15, -0.1) is 11.3 Å². The van der Waals surface area contributed by atoms with Gasteiger partial charge in [-0.1, -0.05) is 6.92 Å². The number of carbonyl (C=O) groups excluding carboxylic acids is 1. The minimum absolute atomic E-state index is 0.106. The number of pyridine rings is 1. The summed E-state index contributed by atoms with van der Waals surface area (Å²) in [6.45, 7) is 6.78. The van der Waals surface area contributed by atoms with Gasteiger partial charge in [0.05, 0.1) is 23.5 Å². The number of amides is 1. The van der Waals surface area contributed by atoms with Crippen molar-refractivity contribution in [2.24, 2.45) is 0 Å². The average molecular weight is 304 g/mol. The van der Waals surface area contributed by atoms with Crippen LogP contribution in [0, 0.1) is 0 Å². The second kappa shape index (κ2) is 7.17. The van der Waals surface area contributed by atoms with E-state index in [0.717, 1.165) is 23.7 Å². The van der Waals surface area contributed by atoms with Crippen LogP contribution in [-0.2, 0) is 6.42 Å². The van der Waals surface area contributed by atoms with Gasteiger partial charge in [-0.2, -0.15) is 0 Å². The molecule has 1 atom stereocenters. The van der Waals surface area contributed by atoms with Crippen LogP contribution in [0.4, 0.5) is 5.69 Å². The van der Waals surface area contributed by atoms with Gasteiger partial charge in [-0.25, -0.2) is 4.98 Å². The third-order valence-electron chi connectivity index (χ3n) is 3.07. The summed E-state index contributed by atoms with van der Waals surface area (Å²) >= 11 is 1.64. The molecule has 1 unspecified atom stereocenters. The fourth-order valence-electron chi connectivity index (χ4n) is 1.95. The molecular weight excluding hydrogens is 284 g/mol. The highest BCUT2D eigenvalue weighted by Crippen LogP contribution is 2.21. The number of carbonyl (C=O) groups is 1. The molecule has 0 aliphatic rings.